The first-order valence-electron chi connectivity index (χ1n) is 8.05. The highest BCUT2D eigenvalue weighted by Gasteiger charge is 2.07. The van der Waals surface area contributed by atoms with Crippen LogP contribution in [0.1, 0.15) is 10.4 Å². The maximum Gasteiger partial charge on any atom is 0.255 e. The fourth-order valence-electron chi connectivity index (χ4n) is 2.35. The molecule has 0 aliphatic carbocycles. The molecule has 5 heteroatoms. The number of carbonyl (C=O) groups excluding carboxylic acids is 1. The van der Waals surface area contributed by atoms with Crippen molar-refractivity contribution in [3.63, 3.8) is 0 Å². The van der Waals surface area contributed by atoms with E-state index < -0.39 is 0 Å². The molecule has 0 fully saturated rings. The van der Waals surface area contributed by atoms with E-state index in [1.165, 1.54) is 0 Å². The van der Waals surface area contributed by atoms with Gasteiger partial charge in [0.15, 0.2) is 0 Å². The monoisotopic (exact) mass is 349 g/mol. The molecular weight excluding hydrogens is 330 g/mol. The number of nitrogens with one attached hydrogen (secondary N) is 1. The van der Waals surface area contributed by atoms with Crippen LogP contribution in [0, 0.1) is 0 Å². The van der Waals surface area contributed by atoms with Gasteiger partial charge in [-0.25, -0.2) is 0 Å². The minimum Gasteiger partial charge on any atom is -0.497 e. The quantitative estimate of drug-likeness (QED) is 0.698. The van der Waals surface area contributed by atoms with Gasteiger partial charge in [-0.2, -0.15) is 0 Å². The summed E-state index contributed by atoms with van der Waals surface area (Å²) in [7, 11) is 3.19. The van der Waals surface area contributed by atoms with Gasteiger partial charge in [-0.3, -0.25) is 4.79 Å². The summed E-state index contributed by atoms with van der Waals surface area (Å²) in [5.41, 5.74) is 1.21. The van der Waals surface area contributed by atoms with Gasteiger partial charge in [0, 0.05) is 11.3 Å². The third-order valence-electron chi connectivity index (χ3n) is 3.74. The van der Waals surface area contributed by atoms with Gasteiger partial charge in [0.25, 0.3) is 5.91 Å². The second kappa shape index (κ2) is 8.07. The zero-order chi connectivity index (χ0) is 18.4. The zero-order valence-electron chi connectivity index (χ0n) is 14.6. The number of hydrogen-bond acceptors (Lipinski definition) is 4. The van der Waals surface area contributed by atoms with E-state index in [9.17, 15) is 4.79 Å². The molecule has 0 aliphatic heterocycles. The Hall–Kier alpha value is -3.47. The van der Waals surface area contributed by atoms with Crippen molar-refractivity contribution in [3.8, 4) is 23.0 Å². The second-order valence-corrected chi connectivity index (χ2v) is 5.49. The molecule has 0 radical (unpaired) electrons. The Balaban J connectivity index is 1.64. The number of rotatable bonds is 6. The van der Waals surface area contributed by atoms with Crippen molar-refractivity contribution in [2.75, 3.05) is 19.5 Å². The van der Waals surface area contributed by atoms with E-state index in [2.05, 4.69) is 5.32 Å². The predicted molar refractivity (Wildman–Crippen MR) is 100 cm³/mol. The maximum atomic E-state index is 12.3. The van der Waals surface area contributed by atoms with Crippen LogP contribution in [0.15, 0.2) is 72.8 Å². The van der Waals surface area contributed by atoms with Gasteiger partial charge in [0.2, 0.25) is 0 Å². The predicted octanol–water partition coefficient (Wildman–Crippen LogP) is 4.75. The van der Waals surface area contributed by atoms with Crippen LogP contribution in [0.25, 0.3) is 0 Å². The minimum absolute atomic E-state index is 0.201. The number of ether oxygens (including phenoxy) is 3. The molecule has 26 heavy (non-hydrogen) atoms. The maximum absolute atomic E-state index is 12.3. The van der Waals surface area contributed by atoms with E-state index in [0.29, 0.717) is 28.5 Å². The molecule has 0 bridgehead atoms. The molecule has 3 aromatic rings. The van der Waals surface area contributed by atoms with Crippen LogP contribution in [0.5, 0.6) is 23.0 Å². The van der Waals surface area contributed by atoms with Crippen molar-refractivity contribution < 1.29 is 19.0 Å². The number of methoxy groups -OCH3 is 2. The number of amides is 1. The molecule has 1 amide bonds. The smallest absolute Gasteiger partial charge is 0.255 e. The lowest BCUT2D eigenvalue weighted by Gasteiger charge is -2.09. The zero-order valence-corrected chi connectivity index (χ0v) is 14.6. The molecule has 0 atom stereocenters. The molecule has 3 aromatic carbocycles. The molecule has 0 aromatic heterocycles. The van der Waals surface area contributed by atoms with E-state index in [0.717, 1.165) is 5.75 Å². The molecule has 0 saturated carbocycles. The topological polar surface area (TPSA) is 56.8 Å². The molecule has 132 valence electrons. The minimum atomic E-state index is -0.201. The largest absolute Gasteiger partial charge is 0.497 e. The number of benzene rings is 3. The van der Waals surface area contributed by atoms with Crippen LogP contribution < -0.4 is 19.5 Å². The standard InChI is InChI=1S/C21H19NO4/c1-24-17-10-12-19(13-11-17)26-18-8-6-16(7-9-18)22-21(23)15-4-3-5-20(14-15)25-2/h3-14H,1-2H3,(H,22,23). The van der Waals surface area contributed by atoms with Gasteiger partial charge in [-0.05, 0) is 66.7 Å². The molecule has 0 heterocycles. The summed E-state index contributed by atoms with van der Waals surface area (Å²) in [4.78, 5) is 12.3. The highest BCUT2D eigenvalue weighted by atomic mass is 16.5. The van der Waals surface area contributed by atoms with Gasteiger partial charge in [-0.1, -0.05) is 6.07 Å². The highest BCUT2D eigenvalue weighted by Crippen LogP contribution is 2.25. The van der Waals surface area contributed by atoms with E-state index >= 15 is 0 Å². The molecule has 3 rings (SSSR count). The lowest BCUT2D eigenvalue weighted by Crippen LogP contribution is -2.11. The normalized spacial score (nSPS) is 10.1. The van der Waals surface area contributed by atoms with Gasteiger partial charge in [0.1, 0.15) is 23.0 Å². The van der Waals surface area contributed by atoms with Crippen LogP contribution in [-0.4, -0.2) is 20.1 Å². The average molecular weight is 349 g/mol. The number of carbonyl (C=O) groups is 1. The van der Waals surface area contributed by atoms with Crippen LogP contribution in [0.2, 0.25) is 0 Å². The van der Waals surface area contributed by atoms with E-state index in [1.807, 2.05) is 24.3 Å². The Kier molecular flexibility index (Phi) is 5.39. The molecule has 0 spiro atoms. The van der Waals surface area contributed by atoms with Gasteiger partial charge < -0.3 is 19.5 Å². The van der Waals surface area contributed by atoms with Crippen LogP contribution in [0.3, 0.4) is 0 Å². The third-order valence-corrected chi connectivity index (χ3v) is 3.74. The van der Waals surface area contributed by atoms with Crippen molar-refractivity contribution in [2.24, 2.45) is 0 Å². The van der Waals surface area contributed by atoms with E-state index in [1.54, 1.807) is 62.8 Å². The molecule has 0 saturated heterocycles. The molecule has 1 N–H and O–H groups in total. The van der Waals surface area contributed by atoms with Crippen molar-refractivity contribution in [3.05, 3.63) is 78.4 Å². The first-order chi connectivity index (χ1) is 12.7. The van der Waals surface area contributed by atoms with Crippen LogP contribution >= 0.6 is 0 Å². The summed E-state index contributed by atoms with van der Waals surface area (Å²) >= 11 is 0. The molecule has 0 aliphatic rings. The van der Waals surface area contributed by atoms with Crippen LogP contribution in [-0.2, 0) is 0 Å². The number of hydrogen-bond donors (Lipinski definition) is 1. The summed E-state index contributed by atoms with van der Waals surface area (Å²) < 4.78 is 16.0. The SMILES string of the molecule is COc1ccc(Oc2ccc(NC(=O)c3cccc(OC)c3)cc2)cc1. The van der Waals surface area contributed by atoms with Gasteiger partial charge in [0.05, 0.1) is 14.2 Å². The Morgan fingerprint density at radius 1 is 0.731 bits per heavy atom. The van der Waals surface area contributed by atoms with Gasteiger partial charge in [-0.15, -0.1) is 0 Å². The number of anilines is 1. The highest BCUT2D eigenvalue weighted by molar-refractivity contribution is 6.04. The summed E-state index contributed by atoms with van der Waals surface area (Å²) in [6, 6.07) is 21.5. The molecular formula is C21H19NO4. The van der Waals surface area contributed by atoms with Gasteiger partial charge >= 0.3 is 0 Å². The Labute approximate surface area is 152 Å². The summed E-state index contributed by atoms with van der Waals surface area (Å²) in [6.45, 7) is 0. The second-order valence-electron chi connectivity index (χ2n) is 5.49. The van der Waals surface area contributed by atoms with Crippen LogP contribution in [0.4, 0.5) is 5.69 Å². The van der Waals surface area contributed by atoms with Crippen molar-refractivity contribution in [1.29, 1.82) is 0 Å². The van der Waals surface area contributed by atoms with Crippen molar-refractivity contribution in [1.82, 2.24) is 0 Å². The summed E-state index contributed by atoms with van der Waals surface area (Å²) in [6.07, 6.45) is 0. The van der Waals surface area contributed by atoms with E-state index in [-0.39, 0.29) is 5.91 Å². The Morgan fingerprint density at radius 2 is 1.31 bits per heavy atom. The lowest BCUT2D eigenvalue weighted by atomic mass is 10.2. The fraction of sp³-hybridized carbons (Fsp3) is 0.0952. The Morgan fingerprint density at radius 3 is 1.92 bits per heavy atom. The summed E-state index contributed by atoms with van der Waals surface area (Å²) in [5.74, 6) is 2.59. The van der Waals surface area contributed by atoms with Crippen molar-refractivity contribution >= 4 is 11.6 Å². The molecule has 5 nitrogen and oxygen atoms in total. The van der Waals surface area contributed by atoms with E-state index in [4.69, 9.17) is 14.2 Å². The van der Waals surface area contributed by atoms with Crippen molar-refractivity contribution in [2.45, 2.75) is 0 Å². The first kappa shape index (κ1) is 17.4. The lowest BCUT2D eigenvalue weighted by molar-refractivity contribution is 0.102. The Bertz CT molecular complexity index is 873. The third kappa shape index (κ3) is 4.33. The summed E-state index contributed by atoms with van der Waals surface area (Å²) in [5, 5.41) is 2.85. The fourth-order valence-corrected chi connectivity index (χ4v) is 2.35. The molecule has 0 unspecified atom stereocenters. The average Bonchev–Trinajstić information content (AvgIpc) is 2.70. The first-order valence-corrected chi connectivity index (χ1v) is 8.05.